The highest BCUT2D eigenvalue weighted by Gasteiger charge is 2.12. The Balaban J connectivity index is 1.88. The van der Waals surface area contributed by atoms with E-state index in [1.807, 2.05) is 18.2 Å². The van der Waals surface area contributed by atoms with Crippen LogP contribution in [0, 0.1) is 5.82 Å². The first kappa shape index (κ1) is 15.4. The Morgan fingerprint density at radius 1 is 1.00 bits per heavy atom. The molecule has 24 heavy (non-hydrogen) atoms. The van der Waals surface area contributed by atoms with Crippen LogP contribution in [0.3, 0.4) is 0 Å². The Kier molecular flexibility index (Phi) is 4.33. The third-order valence-corrected chi connectivity index (χ3v) is 3.18. The van der Waals surface area contributed by atoms with Gasteiger partial charge >= 0.3 is 5.97 Å². The minimum Gasteiger partial charge on any atom is -0.478 e. The third kappa shape index (κ3) is 3.46. The van der Waals surface area contributed by atoms with Gasteiger partial charge < -0.3 is 15.7 Å². The molecule has 0 bridgehead atoms. The number of nitrogens with one attached hydrogen (secondary N) is 2. The Morgan fingerprint density at radius 2 is 1.71 bits per heavy atom. The number of para-hydroxylation sites is 2. The second-order valence-corrected chi connectivity index (χ2v) is 4.86. The van der Waals surface area contributed by atoms with Crippen molar-refractivity contribution in [2.45, 2.75) is 0 Å². The SMILES string of the molecule is O=C(O)c1ccccc1Nc1ncc(F)c(Nc2ccccc2)n1. The molecular formula is C17H13FN4O2. The van der Waals surface area contributed by atoms with E-state index < -0.39 is 11.8 Å². The van der Waals surface area contributed by atoms with Crippen molar-refractivity contribution in [1.82, 2.24) is 9.97 Å². The summed E-state index contributed by atoms with van der Waals surface area (Å²) in [5.41, 5.74) is 1.07. The summed E-state index contributed by atoms with van der Waals surface area (Å²) in [5.74, 6) is -1.62. The Bertz CT molecular complexity index is 871. The molecule has 1 heterocycles. The van der Waals surface area contributed by atoms with Crippen molar-refractivity contribution in [3.05, 3.63) is 72.2 Å². The Hall–Kier alpha value is -3.48. The first-order valence-electron chi connectivity index (χ1n) is 7.07. The lowest BCUT2D eigenvalue weighted by Gasteiger charge is -2.10. The summed E-state index contributed by atoms with van der Waals surface area (Å²) in [5, 5.41) is 14.8. The van der Waals surface area contributed by atoms with Gasteiger partial charge in [0.2, 0.25) is 5.95 Å². The van der Waals surface area contributed by atoms with E-state index in [-0.39, 0.29) is 17.3 Å². The summed E-state index contributed by atoms with van der Waals surface area (Å²) in [4.78, 5) is 19.1. The molecule has 6 nitrogen and oxygen atoms in total. The maximum absolute atomic E-state index is 13.9. The lowest BCUT2D eigenvalue weighted by Crippen LogP contribution is -2.06. The smallest absolute Gasteiger partial charge is 0.337 e. The molecule has 0 saturated carbocycles. The molecule has 3 N–H and O–H groups in total. The zero-order chi connectivity index (χ0) is 16.9. The second-order valence-electron chi connectivity index (χ2n) is 4.86. The van der Waals surface area contributed by atoms with E-state index in [1.165, 1.54) is 6.07 Å². The first-order chi connectivity index (χ1) is 11.6. The molecule has 7 heteroatoms. The number of nitrogens with zero attached hydrogens (tertiary/aromatic N) is 2. The summed E-state index contributed by atoms with van der Waals surface area (Å²) in [6, 6.07) is 15.3. The minimum absolute atomic E-state index is 0.00786. The Labute approximate surface area is 137 Å². The molecule has 0 atom stereocenters. The number of hydrogen-bond donors (Lipinski definition) is 3. The van der Waals surface area contributed by atoms with Crippen LogP contribution < -0.4 is 10.6 Å². The van der Waals surface area contributed by atoms with Crippen molar-refractivity contribution < 1.29 is 14.3 Å². The average Bonchev–Trinajstić information content (AvgIpc) is 2.59. The zero-order valence-corrected chi connectivity index (χ0v) is 12.4. The lowest BCUT2D eigenvalue weighted by atomic mass is 10.2. The van der Waals surface area contributed by atoms with Gasteiger partial charge in [-0.15, -0.1) is 0 Å². The van der Waals surface area contributed by atoms with Gasteiger partial charge in [0.25, 0.3) is 0 Å². The monoisotopic (exact) mass is 324 g/mol. The van der Waals surface area contributed by atoms with Gasteiger partial charge in [-0.2, -0.15) is 4.98 Å². The molecule has 0 unspecified atom stereocenters. The normalized spacial score (nSPS) is 10.2. The summed E-state index contributed by atoms with van der Waals surface area (Å²) in [7, 11) is 0. The molecule has 0 saturated heterocycles. The van der Waals surface area contributed by atoms with Gasteiger partial charge in [0.15, 0.2) is 11.6 Å². The molecule has 3 aromatic rings. The third-order valence-electron chi connectivity index (χ3n) is 3.18. The van der Waals surface area contributed by atoms with Crippen LogP contribution in [0.2, 0.25) is 0 Å². The van der Waals surface area contributed by atoms with Gasteiger partial charge in [-0.05, 0) is 24.3 Å². The average molecular weight is 324 g/mol. The van der Waals surface area contributed by atoms with Gasteiger partial charge in [0.05, 0.1) is 17.4 Å². The van der Waals surface area contributed by atoms with Crippen LogP contribution in [-0.4, -0.2) is 21.0 Å². The van der Waals surface area contributed by atoms with Crippen LogP contribution in [0.1, 0.15) is 10.4 Å². The van der Waals surface area contributed by atoms with E-state index >= 15 is 0 Å². The van der Waals surface area contributed by atoms with E-state index in [2.05, 4.69) is 20.6 Å². The highest BCUT2D eigenvalue weighted by molar-refractivity contribution is 5.94. The van der Waals surface area contributed by atoms with Crippen molar-refractivity contribution in [2.24, 2.45) is 0 Å². The number of anilines is 4. The Morgan fingerprint density at radius 3 is 2.46 bits per heavy atom. The van der Waals surface area contributed by atoms with Crippen molar-refractivity contribution in [3.8, 4) is 0 Å². The molecule has 0 aliphatic rings. The van der Waals surface area contributed by atoms with E-state index in [9.17, 15) is 14.3 Å². The van der Waals surface area contributed by atoms with Gasteiger partial charge in [0.1, 0.15) is 0 Å². The van der Waals surface area contributed by atoms with Crippen LogP contribution in [0.5, 0.6) is 0 Å². The number of carboxylic acids is 1. The van der Waals surface area contributed by atoms with E-state index in [4.69, 9.17) is 0 Å². The topological polar surface area (TPSA) is 87.1 Å². The predicted molar refractivity (Wildman–Crippen MR) is 88.4 cm³/mol. The number of carbonyl (C=O) groups is 1. The van der Waals surface area contributed by atoms with Gasteiger partial charge in [-0.25, -0.2) is 14.2 Å². The largest absolute Gasteiger partial charge is 0.478 e. The number of hydrogen-bond acceptors (Lipinski definition) is 5. The molecule has 2 aromatic carbocycles. The molecule has 0 spiro atoms. The minimum atomic E-state index is -1.08. The lowest BCUT2D eigenvalue weighted by molar-refractivity contribution is 0.0698. The van der Waals surface area contributed by atoms with E-state index in [1.54, 1.807) is 30.3 Å². The van der Waals surface area contributed by atoms with E-state index in [0.29, 0.717) is 11.4 Å². The van der Waals surface area contributed by atoms with Crippen LogP contribution in [0.15, 0.2) is 60.8 Å². The van der Waals surface area contributed by atoms with Crippen molar-refractivity contribution in [2.75, 3.05) is 10.6 Å². The highest BCUT2D eigenvalue weighted by atomic mass is 19.1. The fraction of sp³-hybridized carbons (Fsp3) is 0. The number of aromatic nitrogens is 2. The van der Waals surface area contributed by atoms with Crippen molar-refractivity contribution in [3.63, 3.8) is 0 Å². The summed E-state index contributed by atoms with van der Waals surface area (Å²) >= 11 is 0. The maximum Gasteiger partial charge on any atom is 0.337 e. The maximum atomic E-state index is 13.9. The van der Waals surface area contributed by atoms with E-state index in [0.717, 1.165) is 6.20 Å². The van der Waals surface area contributed by atoms with Crippen molar-refractivity contribution in [1.29, 1.82) is 0 Å². The molecule has 120 valence electrons. The molecule has 3 rings (SSSR count). The second kappa shape index (κ2) is 6.74. The first-order valence-corrected chi connectivity index (χ1v) is 7.07. The number of aromatic carboxylic acids is 1. The number of halogens is 1. The summed E-state index contributed by atoms with van der Waals surface area (Å²) in [6.07, 6.45) is 1.02. The predicted octanol–water partition coefficient (Wildman–Crippen LogP) is 3.80. The fourth-order valence-electron chi connectivity index (χ4n) is 2.07. The fourth-order valence-corrected chi connectivity index (χ4v) is 2.07. The molecular weight excluding hydrogens is 311 g/mol. The van der Waals surface area contributed by atoms with Gasteiger partial charge in [-0.3, -0.25) is 0 Å². The molecule has 0 aliphatic carbocycles. The summed E-state index contributed by atoms with van der Waals surface area (Å²) < 4.78 is 13.9. The zero-order valence-electron chi connectivity index (χ0n) is 12.4. The molecule has 1 aromatic heterocycles. The quantitative estimate of drug-likeness (QED) is 0.662. The summed E-state index contributed by atoms with van der Waals surface area (Å²) in [6.45, 7) is 0. The van der Waals surface area contributed by atoms with Crippen LogP contribution in [-0.2, 0) is 0 Å². The number of rotatable bonds is 5. The number of carboxylic acid groups (broad SMARTS) is 1. The number of benzene rings is 2. The molecule has 0 aliphatic heterocycles. The van der Waals surface area contributed by atoms with Crippen LogP contribution in [0.25, 0.3) is 0 Å². The molecule has 0 fully saturated rings. The van der Waals surface area contributed by atoms with Gasteiger partial charge in [0, 0.05) is 5.69 Å². The van der Waals surface area contributed by atoms with Crippen molar-refractivity contribution >= 4 is 29.1 Å². The molecule has 0 amide bonds. The standard InChI is InChI=1S/C17H13FN4O2/c18-13-10-19-17(21-14-9-5-4-8-12(14)16(23)24)22-15(13)20-11-6-2-1-3-7-11/h1-10H,(H,23,24)(H2,19,20,21,22). The highest BCUT2D eigenvalue weighted by Crippen LogP contribution is 2.22. The van der Waals surface area contributed by atoms with Gasteiger partial charge in [-0.1, -0.05) is 30.3 Å². The van der Waals surface area contributed by atoms with Crippen LogP contribution in [0.4, 0.5) is 27.5 Å². The van der Waals surface area contributed by atoms with Crippen LogP contribution >= 0.6 is 0 Å². The molecule has 0 radical (unpaired) electrons.